The maximum Gasteiger partial charge on any atom is 0.271 e. The standard InChI is InChI=1S/C20H19N3O4S3/c1-14(29-15-8-3-2-4-9-15)19(24)21-22-20(25)16-10-5-6-11-17(16)23-30(26,27)18-12-7-13-28-18/h2-14,23H,1H3,(H,21,24)(H,22,25). The van der Waals surface area contributed by atoms with Crippen molar-refractivity contribution in [2.45, 2.75) is 21.3 Å². The lowest BCUT2D eigenvalue weighted by atomic mass is 10.2. The van der Waals surface area contributed by atoms with Crippen LogP contribution >= 0.6 is 23.1 Å². The fraction of sp³-hybridized carbons (Fsp3) is 0.100. The zero-order valence-electron chi connectivity index (χ0n) is 15.9. The van der Waals surface area contributed by atoms with Crippen LogP contribution in [0.2, 0.25) is 0 Å². The fourth-order valence-electron chi connectivity index (χ4n) is 2.43. The molecule has 3 rings (SSSR count). The van der Waals surface area contributed by atoms with Crippen LogP contribution in [0.25, 0.3) is 0 Å². The molecule has 0 aliphatic carbocycles. The Labute approximate surface area is 182 Å². The molecule has 156 valence electrons. The summed E-state index contributed by atoms with van der Waals surface area (Å²) in [6.07, 6.45) is 0. The summed E-state index contributed by atoms with van der Waals surface area (Å²) in [5.41, 5.74) is 4.93. The van der Waals surface area contributed by atoms with Crippen molar-refractivity contribution >= 4 is 50.6 Å². The Kier molecular flexibility index (Phi) is 7.14. The molecule has 0 aliphatic heterocycles. The van der Waals surface area contributed by atoms with E-state index in [1.165, 1.54) is 30.0 Å². The molecule has 3 N–H and O–H groups in total. The van der Waals surface area contributed by atoms with E-state index >= 15 is 0 Å². The molecule has 0 saturated heterocycles. The van der Waals surface area contributed by atoms with E-state index in [1.807, 2.05) is 30.3 Å². The lowest BCUT2D eigenvalue weighted by Crippen LogP contribution is -2.45. The van der Waals surface area contributed by atoms with Crippen molar-refractivity contribution in [1.29, 1.82) is 0 Å². The van der Waals surface area contributed by atoms with Crippen LogP contribution in [-0.4, -0.2) is 25.5 Å². The third-order valence-corrected chi connectivity index (χ3v) is 7.78. The number of thioether (sulfide) groups is 1. The van der Waals surface area contributed by atoms with Gasteiger partial charge in [0.15, 0.2) is 0 Å². The van der Waals surface area contributed by atoms with Crippen molar-refractivity contribution in [3.8, 4) is 0 Å². The summed E-state index contributed by atoms with van der Waals surface area (Å²) in [6.45, 7) is 1.72. The highest BCUT2D eigenvalue weighted by atomic mass is 32.2. The van der Waals surface area contributed by atoms with E-state index in [0.29, 0.717) is 0 Å². The number of rotatable bonds is 7. The molecule has 0 fully saturated rings. The Morgan fingerprint density at radius 2 is 1.63 bits per heavy atom. The second-order valence-corrected chi connectivity index (χ2v) is 10.4. The van der Waals surface area contributed by atoms with E-state index in [1.54, 1.807) is 30.5 Å². The number of hydrogen-bond acceptors (Lipinski definition) is 6. The summed E-state index contributed by atoms with van der Waals surface area (Å²) in [5.74, 6) is -1.02. The van der Waals surface area contributed by atoms with Crippen molar-refractivity contribution < 1.29 is 18.0 Å². The van der Waals surface area contributed by atoms with Crippen LogP contribution < -0.4 is 15.6 Å². The second-order valence-electron chi connectivity index (χ2n) is 6.10. The lowest BCUT2D eigenvalue weighted by Gasteiger charge is -2.14. The summed E-state index contributed by atoms with van der Waals surface area (Å²) in [4.78, 5) is 25.8. The number of thiophene rings is 1. The first-order valence-electron chi connectivity index (χ1n) is 8.84. The van der Waals surface area contributed by atoms with Gasteiger partial charge in [0, 0.05) is 4.90 Å². The topological polar surface area (TPSA) is 104 Å². The molecule has 30 heavy (non-hydrogen) atoms. The van der Waals surface area contributed by atoms with Gasteiger partial charge in [0.05, 0.1) is 16.5 Å². The van der Waals surface area contributed by atoms with Gasteiger partial charge in [-0.25, -0.2) is 8.42 Å². The minimum absolute atomic E-state index is 0.0845. The van der Waals surface area contributed by atoms with E-state index < -0.39 is 21.2 Å². The second kappa shape index (κ2) is 9.79. The molecule has 0 spiro atoms. The zero-order valence-corrected chi connectivity index (χ0v) is 18.3. The summed E-state index contributed by atoms with van der Waals surface area (Å²) >= 11 is 2.43. The van der Waals surface area contributed by atoms with Crippen molar-refractivity contribution in [1.82, 2.24) is 10.9 Å². The average molecular weight is 462 g/mol. The predicted octanol–water partition coefficient (Wildman–Crippen LogP) is 3.49. The third kappa shape index (κ3) is 5.62. The number of amides is 2. The first-order valence-corrected chi connectivity index (χ1v) is 12.1. The Hall–Kier alpha value is -2.82. The molecule has 3 aromatic rings. The van der Waals surface area contributed by atoms with Crippen molar-refractivity contribution in [3.63, 3.8) is 0 Å². The van der Waals surface area contributed by atoms with Crippen LogP contribution in [0.1, 0.15) is 17.3 Å². The lowest BCUT2D eigenvalue weighted by molar-refractivity contribution is -0.121. The molecule has 7 nitrogen and oxygen atoms in total. The normalized spacial score (nSPS) is 12.0. The van der Waals surface area contributed by atoms with Crippen LogP contribution in [0.3, 0.4) is 0 Å². The number of nitrogens with one attached hydrogen (secondary N) is 3. The van der Waals surface area contributed by atoms with Gasteiger partial charge in [-0.1, -0.05) is 36.4 Å². The smallest absolute Gasteiger partial charge is 0.271 e. The molecule has 1 atom stereocenters. The number of benzene rings is 2. The minimum atomic E-state index is -3.81. The van der Waals surface area contributed by atoms with Crippen molar-refractivity contribution in [2.75, 3.05) is 4.72 Å². The van der Waals surface area contributed by atoms with Crippen LogP contribution in [-0.2, 0) is 14.8 Å². The number of para-hydroxylation sites is 1. The van der Waals surface area contributed by atoms with Crippen molar-refractivity contribution in [2.24, 2.45) is 0 Å². The molecule has 2 aromatic carbocycles. The average Bonchev–Trinajstić information content (AvgIpc) is 3.28. The van der Waals surface area contributed by atoms with Gasteiger partial charge in [0.2, 0.25) is 0 Å². The Bertz CT molecular complexity index is 1120. The SMILES string of the molecule is CC(Sc1ccccc1)C(=O)NNC(=O)c1ccccc1NS(=O)(=O)c1cccs1. The highest BCUT2D eigenvalue weighted by Gasteiger charge is 2.20. The molecule has 1 aromatic heterocycles. The van der Waals surface area contributed by atoms with Crippen molar-refractivity contribution in [3.05, 3.63) is 77.7 Å². The van der Waals surface area contributed by atoms with E-state index in [-0.39, 0.29) is 21.4 Å². The van der Waals surface area contributed by atoms with Gasteiger partial charge in [0.25, 0.3) is 21.8 Å². The van der Waals surface area contributed by atoms with Gasteiger partial charge in [-0.3, -0.25) is 25.2 Å². The number of hydrazine groups is 1. The van der Waals surface area contributed by atoms with Gasteiger partial charge >= 0.3 is 0 Å². The first kappa shape index (κ1) is 21.9. The summed E-state index contributed by atoms with van der Waals surface area (Å²) in [6, 6.07) is 18.7. The predicted molar refractivity (Wildman–Crippen MR) is 119 cm³/mol. The van der Waals surface area contributed by atoms with Gasteiger partial charge in [-0.15, -0.1) is 23.1 Å². The number of carbonyl (C=O) groups is 2. The molecule has 1 heterocycles. The van der Waals surface area contributed by atoms with E-state index in [9.17, 15) is 18.0 Å². The quantitative estimate of drug-likeness (QED) is 0.369. The maximum atomic E-state index is 12.6. The van der Waals surface area contributed by atoms with Crippen LogP contribution in [0.4, 0.5) is 5.69 Å². The Balaban J connectivity index is 1.64. The van der Waals surface area contributed by atoms with E-state index in [0.717, 1.165) is 16.2 Å². The Morgan fingerprint density at radius 1 is 0.933 bits per heavy atom. The molecule has 10 heteroatoms. The molecule has 0 bridgehead atoms. The molecule has 2 amide bonds. The van der Waals surface area contributed by atoms with Crippen LogP contribution in [0, 0.1) is 0 Å². The number of sulfonamides is 1. The van der Waals surface area contributed by atoms with Gasteiger partial charge in [0.1, 0.15) is 4.21 Å². The first-order chi connectivity index (χ1) is 14.4. The highest BCUT2D eigenvalue weighted by Crippen LogP contribution is 2.24. The fourth-order valence-corrected chi connectivity index (χ4v) is 5.39. The molecule has 0 saturated carbocycles. The maximum absolute atomic E-state index is 12.6. The van der Waals surface area contributed by atoms with Crippen LogP contribution in [0.15, 0.2) is 81.2 Å². The Morgan fingerprint density at radius 3 is 2.33 bits per heavy atom. The van der Waals surface area contributed by atoms with Gasteiger partial charge in [-0.05, 0) is 42.6 Å². The summed E-state index contributed by atoms with van der Waals surface area (Å²) < 4.78 is 27.5. The van der Waals surface area contributed by atoms with E-state index in [2.05, 4.69) is 15.6 Å². The van der Waals surface area contributed by atoms with Gasteiger partial charge < -0.3 is 0 Å². The zero-order chi connectivity index (χ0) is 21.6. The summed E-state index contributed by atoms with van der Waals surface area (Å²) in [5, 5.41) is 1.21. The monoisotopic (exact) mass is 461 g/mol. The molecular formula is C20H19N3O4S3. The largest absolute Gasteiger partial charge is 0.278 e. The van der Waals surface area contributed by atoms with Crippen LogP contribution in [0.5, 0.6) is 0 Å². The number of anilines is 1. The third-order valence-electron chi connectivity index (χ3n) is 3.90. The number of hydrogen-bond donors (Lipinski definition) is 3. The summed E-state index contributed by atoms with van der Waals surface area (Å²) in [7, 11) is -3.81. The van der Waals surface area contributed by atoms with E-state index in [4.69, 9.17) is 0 Å². The number of carbonyl (C=O) groups excluding carboxylic acids is 2. The molecule has 0 radical (unpaired) electrons. The minimum Gasteiger partial charge on any atom is -0.278 e. The molecule has 0 aliphatic rings. The highest BCUT2D eigenvalue weighted by molar-refractivity contribution is 8.00. The molecule has 1 unspecified atom stereocenters. The molecular weight excluding hydrogens is 442 g/mol. The van der Waals surface area contributed by atoms with Gasteiger partial charge in [-0.2, -0.15) is 0 Å².